The molecule has 1 atom stereocenters. The van der Waals surface area contributed by atoms with Crippen LogP contribution in [0.25, 0.3) is 0 Å². The van der Waals surface area contributed by atoms with Gasteiger partial charge < -0.3 is 10.2 Å². The minimum atomic E-state index is -4.11. The van der Waals surface area contributed by atoms with E-state index in [2.05, 4.69) is 5.32 Å². The molecule has 0 aromatic heterocycles. The monoisotopic (exact) mass is 555 g/mol. The van der Waals surface area contributed by atoms with Gasteiger partial charge in [-0.15, -0.1) is 0 Å². The van der Waals surface area contributed by atoms with Gasteiger partial charge in [-0.1, -0.05) is 60.5 Å². The second kappa shape index (κ2) is 12.5. The van der Waals surface area contributed by atoms with Crippen molar-refractivity contribution in [2.45, 2.75) is 51.6 Å². The van der Waals surface area contributed by atoms with Crippen molar-refractivity contribution in [3.05, 3.63) is 94.0 Å². The summed E-state index contributed by atoms with van der Waals surface area (Å²) in [4.78, 5) is 28.3. The van der Waals surface area contributed by atoms with Gasteiger partial charge in [-0.05, 0) is 74.2 Å². The molecular weight excluding hydrogens is 522 g/mol. The topological polar surface area (TPSA) is 86.8 Å². The van der Waals surface area contributed by atoms with Gasteiger partial charge in [0.1, 0.15) is 12.6 Å². The number of benzene rings is 3. The molecule has 0 aliphatic carbocycles. The smallest absolute Gasteiger partial charge is 0.264 e. The third-order valence-corrected chi connectivity index (χ3v) is 8.66. The van der Waals surface area contributed by atoms with Gasteiger partial charge >= 0.3 is 0 Å². The maximum atomic E-state index is 14.0. The molecule has 9 heteroatoms. The SMILES string of the molecule is CC[C@@H](C(=O)NC)N(Cc1ccc(Cl)cc1)C(=O)CN(c1cccc(C)c1C)S(=O)(=O)c1ccc(C)cc1. The number of amides is 2. The Kier molecular flexibility index (Phi) is 9.57. The van der Waals surface area contributed by atoms with E-state index in [1.54, 1.807) is 48.5 Å². The molecule has 38 heavy (non-hydrogen) atoms. The number of hydrogen-bond acceptors (Lipinski definition) is 4. The summed E-state index contributed by atoms with van der Waals surface area (Å²) in [5.41, 5.74) is 3.75. The number of halogens is 1. The fraction of sp³-hybridized carbons (Fsp3) is 0.310. The molecule has 0 spiro atoms. The molecular formula is C29H34ClN3O4S. The first-order valence-corrected chi connectivity index (χ1v) is 14.2. The summed E-state index contributed by atoms with van der Waals surface area (Å²) in [5.74, 6) is -0.818. The Morgan fingerprint density at radius 3 is 2.16 bits per heavy atom. The van der Waals surface area contributed by atoms with Crippen molar-refractivity contribution in [2.24, 2.45) is 0 Å². The normalized spacial score (nSPS) is 12.1. The highest BCUT2D eigenvalue weighted by Gasteiger charge is 2.34. The summed E-state index contributed by atoms with van der Waals surface area (Å²) < 4.78 is 29.1. The molecule has 0 saturated heterocycles. The van der Waals surface area contributed by atoms with E-state index in [0.717, 1.165) is 26.6 Å². The molecule has 0 bridgehead atoms. The molecule has 0 fully saturated rings. The highest BCUT2D eigenvalue weighted by molar-refractivity contribution is 7.92. The molecule has 0 radical (unpaired) electrons. The maximum absolute atomic E-state index is 14.0. The molecule has 0 saturated carbocycles. The van der Waals surface area contributed by atoms with Gasteiger partial charge in [-0.3, -0.25) is 13.9 Å². The zero-order valence-corrected chi connectivity index (χ0v) is 23.9. The largest absolute Gasteiger partial charge is 0.357 e. The van der Waals surface area contributed by atoms with Crippen molar-refractivity contribution in [2.75, 3.05) is 17.9 Å². The Morgan fingerprint density at radius 2 is 1.58 bits per heavy atom. The van der Waals surface area contributed by atoms with Crippen LogP contribution in [0, 0.1) is 20.8 Å². The van der Waals surface area contributed by atoms with E-state index in [1.807, 2.05) is 33.8 Å². The summed E-state index contributed by atoms with van der Waals surface area (Å²) in [6, 6.07) is 18.1. The zero-order valence-electron chi connectivity index (χ0n) is 22.4. The van der Waals surface area contributed by atoms with E-state index in [9.17, 15) is 18.0 Å². The number of likely N-dealkylation sites (N-methyl/N-ethyl adjacent to an activating group) is 1. The molecule has 0 aliphatic heterocycles. The lowest BCUT2D eigenvalue weighted by atomic mass is 10.1. The second-order valence-electron chi connectivity index (χ2n) is 9.23. The van der Waals surface area contributed by atoms with Crippen LogP contribution in [0.5, 0.6) is 0 Å². The minimum Gasteiger partial charge on any atom is -0.357 e. The molecule has 202 valence electrons. The van der Waals surface area contributed by atoms with E-state index in [-0.39, 0.29) is 17.3 Å². The van der Waals surface area contributed by atoms with Gasteiger partial charge in [-0.25, -0.2) is 8.42 Å². The maximum Gasteiger partial charge on any atom is 0.264 e. The lowest BCUT2D eigenvalue weighted by Crippen LogP contribution is -2.51. The number of nitrogens with one attached hydrogen (secondary N) is 1. The summed E-state index contributed by atoms with van der Waals surface area (Å²) in [6.07, 6.45) is 0.354. The Labute approximate surface area is 230 Å². The van der Waals surface area contributed by atoms with Crippen molar-refractivity contribution < 1.29 is 18.0 Å². The number of carbonyl (C=O) groups excluding carboxylic acids is 2. The number of sulfonamides is 1. The summed E-state index contributed by atoms with van der Waals surface area (Å²) in [7, 11) is -2.59. The Hall–Kier alpha value is -3.36. The summed E-state index contributed by atoms with van der Waals surface area (Å²) in [6.45, 7) is 7.06. The number of anilines is 1. The minimum absolute atomic E-state index is 0.0828. The van der Waals surface area contributed by atoms with Crippen LogP contribution in [0.15, 0.2) is 71.6 Å². The van der Waals surface area contributed by atoms with E-state index in [0.29, 0.717) is 17.1 Å². The fourth-order valence-corrected chi connectivity index (χ4v) is 5.83. The predicted molar refractivity (Wildman–Crippen MR) is 152 cm³/mol. The van der Waals surface area contributed by atoms with E-state index in [1.165, 1.54) is 24.1 Å². The van der Waals surface area contributed by atoms with E-state index >= 15 is 0 Å². The Morgan fingerprint density at radius 1 is 0.947 bits per heavy atom. The molecule has 3 aromatic carbocycles. The molecule has 7 nitrogen and oxygen atoms in total. The van der Waals surface area contributed by atoms with Gasteiger partial charge in [0.15, 0.2) is 0 Å². The molecule has 2 amide bonds. The van der Waals surface area contributed by atoms with E-state index in [4.69, 9.17) is 11.6 Å². The zero-order chi connectivity index (χ0) is 28.0. The van der Waals surface area contributed by atoms with Crippen LogP contribution in [0.1, 0.15) is 35.6 Å². The van der Waals surface area contributed by atoms with Gasteiger partial charge in [0.25, 0.3) is 10.0 Å². The first-order chi connectivity index (χ1) is 18.0. The van der Waals surface area contributed by atoms with Crippen LogP contribution in [0.4, 0.5) is 5.69 Å². The standard InChI is InChI=1S/C29H34ClN3O4S/c1-6-26(29(35)31-5)32(18-23-12-14-24(30)15-13-23)28(34)19-33(27-9-7-8-21(3)22(27)4)38(36,37)25-16-10-20(2)11-17-25/h7-17,26H,6,18-19H2,1-5H3,(H,31,35)/t26-/m0/s1. The molecule has 0 unspecified atom stereocenters. The molecule has 3 rings (SSSR count). The molecule has 3 aromatic rings. The van der Waals surface area contributed by atoms with Crippen LogP contribution in [0.3, 0.4) is 0 Å². The number of nitrogens with zero attached hydrogens (tertiary/aromatic N) is 2. The Bertz CT molecular complexity index is 1390. The van der Waals surface area contributed by atoms with E-state index < -0.39 is 28.5 Å². The summed E-state index contributed by atoms with van der Waals surface area (Å²) in [5, 5.41) is 3.17. The molecule has 0 aliphatic rings. The van der Waals surface area contributed by atoms with Crippen LogP contribution in [0.2, 0.25) is 5.02 Å². The first kappa shape index (κ1) is 29.2. The van der Waals surface area contributed by atoms with Crippen LogP contribution in [-0.2, 0) is 26.2 Å². The summed E-state index contributed by atoms with van der Waals surface area (Å²) >= 11 is 6.04. The van der Waals surface area contributed by atoms with Crippen LogP contribution < -0.4 is 9.62 Å². The fourth-order valence-electron chi connectivity index (χ4n) is 4.23. The molecule has 0 heterocycles. The highest BCUT2D eigenvalue weighted by Crippen LogP contribution is 2.29. The average Bonchev–Trinajstić information content (AvgIpc) is 2.90. The van der Waals surface area contributed by atoms with Crippen molar-refractivity contribution >= 4 is 39.1 Å². The third kappa shape index (κ3) is 6.55. The van der Waals surface area contributed by atoms with Gasteiger partial charge in [-0.2, -0.15) is 0 Å². The molecule has 1 N–H and O–H groups in total. The van der Waals surface area contributed by atoms with Gasteiger partial charge in [0.05, 0.1) is 10.6 Å². The van der Waals surface area contributed by atoms with Crippen molar-refractivity contribution in [3.8, 4) is 0 Å². The third-order valence-electron chi connectivity index (χ3n) is 6.63. The average molecular weight is 556 g/mol. The number of carbonyl (C=O) groups is 2. The number of aryl methyl sites for hydroxylation is 2. The number of hydrogen-bond donors (Lipinski definition) is 1. The highest BCUT2D eigenvalue weighted by atomic mass is 35.5. The Balaban J connectivity index is 2.10. The number of rotatable bonds is 10. The quantitative estimate of drug-likeness (QED) is 0.381. The lowest BCUT2D eigenvalue weighted by Gasteiger charge is -2.33. The van der Waals surface area contributed by atoms with Crippen molar-refractivity contribution in [3.63, 3.8) is 0 Å². The van der Waals surface area contributed by atoms with Crippen molar-refractivity contribution in [1.29, 1.82) is 0 Å². The van der Waals surface area contributed by atoms with Crippen molar-refractivity contribution in [1.82, 2.24) is 10.2 Å². The lowest BCUT2D eigenvalue weighted by molar-refractivity contribution is -0.140. The van der Waals surface area contributed by atoms with Gasteiger partial charge in [0, 0.05) is 18.6 Å². The first-order valence-electron chi connectivity index (χ1n) is 12.4. The van der Waals surface area contributed by atoms with Gasteiger partial charge in [0.2, 0.25) is 11.8 Å². The van der Waals surface area contributed by atoms with Crippen LogP contribution >= 0.6 is 11.6 Å². The van der Waals surface area contributed by atoms with Crippen LogP contribution in [-0.4, -0.2) is 44.8 Å². The predicted octanol–water partition coefficient (Wildman–Crippen LogP) is 5.01. The second-order valence-corrected chi connectivity index (χ2v) is 11.5.